The maximum Gasteiger partial charge on any atom is 0.222 e. The van der Waals surface area contributed by atoms with Gasteiger partial charge in [0.1, 0.15) is 0 Å². The van der Waals surface area contributed by atoms with E-state index >= 15 is 0 Å². The van der Waals surface area contributed by atoms with Gasteiger partial charge in [0.05, 0.1) is 12.7 Å². The van der Waals surface area contributed by atoms with Gasteiger partial charge in [0.15, 0.2) is 0 Å². The van der Waals surface area contributed by atoms with Gasteiger partial charge in [-0.05, 0) is 31.2 Å². The van der Waals surface area contributed by atoms with Gasteiger partial charge in [0.25, 0.3) is 0 Å². The van der Waals surface area contributed by atoms with E-state index in [1.165, 1.54) is 0 Å². The lowest BCUT2D eigenvalue weighted by Gasteiger charge is -2.29. The zero-order valence-electron chi connectivity index (χ0n) is 11.0. The molecule has 0 bridgehead atoms. The molecule has 1 saturated heterocycles. The third kappa shape index (κ3) is 2.45. The van der Waals surface area contributed by atoms with Gasteiger partial charge in [-0.3, -0.25) is 0 Å². The highest BCUT2D eigenvalue weighted by Gasteiger charge is 2.43. The Morgan fingerprint density at radius 2 is 1.35 bits per heavy atom. The third-order valence-electron chi connectivity index (χ3n) is 3.34. The molecule has 1 fully saturated rings. The molecule has 0 aliphatic carbocycles. The number of hydrogen-bond acceptors (Lipinski definition) is 2. The molecule has 1 aliphatic rings. The van der Waals surface area contributed by atoms with Crippen LogP contribution in [-0.2, 0) is 15.3 Å². The SMILES string of the molecule is CC1COC(c2ccc(Cl)cc2)(c2ccc(Cl)cc2)O1. The van der Waals surface area contributed by atoms with Crippen molar-refractivity contribution in [2.45, 2.75) is 18.8 Å². The summed E-state index contributed by atoms with van der Waals surface area (Å²) in [6.07, 6.45) is 0.0290. The molecule has 104 valence electrons. The average Bonchev–Trinajstić information content (AvgIpc) is 2.84. The van der Waals surface area contributed by atoms with Crippen LogP contribution in [0.5, 0.6) is 0 Å². The molecule has 0 aromatic heterocycles. The van der Waals surface area contributed by atoms with E-state index in [4.69, 9.17) is 32.7 Å². The zero-order chi connectivity index (χ0) is 14.2. The Hall–Kier alpha value is -1.06. The van der Waals surface area contributed by atoms with Crippen molar-refractivity contribution in [1.29, 1.82) is 0 Å². The molecule has 2 aromatic rings. The highest BCUT2D eigenvalue weighted by Crippen LogP contribution is 2.41. The number of benzene rings is 2. The molecule has 0 radical (unpaired) electrons. The minimum Gasteiger partial charge on any atom is -0.339 e. The van der Waals surface area contributed by atoms with Gasteiger partial charge in [-0.2, -0.15) is 0 Å². The van der Waals surface area contributed by atoms with Crippen molar-refractivity contribution in [2.75, 3.05) is 6.61 Å². The highest BCUT2D eigenvalue weighted by molar-refractivity contribution is 6.30. The topological polar surface area (TPSA) is 18.5 Å². The second-order valence-corrected chi connectivity index (χ2v) is 5.74. The van der Waals surface area contributed by atoms with Crippen LogP contribution < -0.4 is 0 Å². The fourth-order valence-corrected chi connectivity index (χ4v) is 2.65. The molecule has 0 spiro atoms. The summed E-state index contributed by atoms with van der Waals surface area (Å²) < 4.78 is 12.1. The standard InChI is InChI=1S/C16H14Cl2O2/c1-11-10-19-16(20-11,12-2-6-14(17)7-3-12)13-4-8-15(18)9-5-13/h2-9,11H,10H2,1H3. The van der Waals surface area contributed by atoms with Gasteiger partial charge in [0, 0.05) is 21.2 Å². The molecule has 1 heterocycles. The van der Waals surface area contributed by atoms with Gasteiger partial charge >= 0.3 is 0 Å². The summed E-state index contributed by atoms with van der Waals surface area (Å²) in [5, 5.41) is 1.37. The number of hydrogen-bond donors (Lipinski definition) is 0. The van der Waals surface area contributed by atoms with E-state index in [1.54, 1.807) is 0 Å². The van der Waals surface area contributed by atoms with Crippen molar-refractivity contribution < 1.29 is 9.47 Å². The van der Waals surface area contributed by atoms with E-state index in [-0.39, 0.29) is 6.10 Å². The first-order chi connectivity index (χ1) is 9.60. The van der Waals surface area contributed by atoms with Crippen LogP contribution in [0.3, 0.4) is 0 Å². The first-order valence-electron chi connectivity index (χ1n) is 6.44. The third-order valence-corrected chi connectivity index (χ3v) is 3.84. The fraction of sp³-hybridized carbons (Fsp3) is 0.250. The highest BCUT2D eigenvalue weighted by atomic mass is 35.5. The van der Waals surface area contributed by atoms with Crippen molar-refractivity contribution in [3.63, 3.8) is 0 Å². The van der Waals surface area contributed by atoms with Crippen molar-refractivity contribution >= 4 is 23.2 Å². The molecular formula is C16H14Cl2O2. The summed E-state index contributed by atoms with van der Waals surface area (Å²) in [4.78, 5) is 0. The van der Waals surface area contributed by atoms with Crippen molar-refractivity contribution in [3.8, 4) is 0 Å². The monoisotopic (exact) mass is 308 g/mol. The Morgan fingerprint density at radius 1 is 0.900 bits per heavy atom. The molecule has 1 aliphatic heterocycles. The van der Waals surface area contributed by atoms with Crippen LogP contribution >= 0.6 is 23.2 Å². The van der Waals surface area contributed by atoms with Crippen molar-refractivity contribution in [1.82, 2.24) is 0 Å². The largest absolute Gasteiger partial charge is 0.339 e. The van der Waals surface area contributed by atoms with E-state index in [2.05, 4.69) is 0 Å². The fourth-order valence-electron chi connectivity index (χ4n) is 2.39. The zero-order valence-corrected chi connectivity index (χ0v) is 12.5. The summed E-state index contributed by atoms with van der Waals surface area (Å²) in [5.74, 6) is -0.880. The minimum atomic E-state index is -0.880. The summed E-state index contributed by atoms with van der Waals surface area (Å²) in [7, 11) is 0. The minimum absolute atomic E-state index is 0.0290. The second-order valence-electron chi connectivity index (χ2n) is 4.87. The Morgan fingerprint density at radius 3 is 1.70 bits per heavy atom. The summed E-state index contributed by atoms with van der Waals surface area (Å²) >= 11 is 11.9. The van der Waals surface area contributed by atoms with Crippen LogP contribution in [0.4, 0.5) is 0 Å². The van der Waals surface area contributed by atoms with Crippen LogP contribution in [-0.4, -0.2) is 12.7 Å². The molecule has 2 aromatic carbocycles. The van der Waals surface area contributed by atoms with E-state index in [9.17, 15) is 0 Å². The predicted octanol–water partition coefficient (Wildman–Crippen LogP) is 4.63. The maximum atomic E-state index is 6.09. The first-order valence-corrected chi connectivity index (χ1v) is 7.19. The molecule has 3 rings (SSSR count). The van der Waals surface area contributed by atoms with Crippen LogP contribution in [0.2, 0.25) is 10.0 Å². The van der Waals surface area contributed by atoms with Gasteiger partial charge in [-0.25, -0.2) is 0 Å². The quantitative estimate of drug-likeness (QED) is 0.805. The number of rotatable bonds is 2. The summed E-state index contributed by atoms with van der Waals surface area (Å²) in [5.41, 5.74) is 1.85. The van der Waals surface area contributed by atoms with E-state index in [0.29, 0.717) is 16.7 Å². The Labute approximate surface area is 128 Å². The molecule has 2 nitrogen and oxygen atoms in total. The number of halogens is 2. The van der Waals surface area contributed by atoms with Gasteiger partial charge in [-0.15, -0.1) is 0 Å². The lowest BCUT2D eigenvalue weighted by Crippen LogP contribution is -2.29. The molecule has 4 heteroatoms. The Bertz CT molecular complexity index is 547. The van der Waals surface area contributed by atoms with Gasteiger partial charge in [-0.1, -0.05) is 47.5 Å². The molecule has 1 unspecified atom stereocenters. The van der Waals surface area contributed by atoms with E-state index < -0.39 is 5.79 Å². The molecule has 0 amide bonds. The maximum absolute atomic E-state index is 6.09. The van der Waals surface area contributed by atoms with Crippen LogP contribution in [0, 0.1) is 0 Å². The average molecular weight is 309 g/mol. The molecule has 20 heavy (non-hydrogen) atoms. The number of ether oxygens (including phenoxy) is 2. The summed E-state index contributed by atoms with van der Waals surface area (Å²) in [6, 6.07) is 15.1. The van der Waals surface area contributed by atoms with Crippen LogP contribution in [0.15, 0.2) is 48.5 Å². The second kappa shape index (κ2) is 5.38. The van der Waals surface area contributed by atoms with Crippen LogP contribution in [0.25, 0.3) is 0 Å². The molecule has 0 saturated carbocycles. The van der Waals surface area contributed by atoms with Crippen molar-refractivity contribution in [2.24, 2.45) is 0 Å². The van der Waals surface area contributed by atoms with Gasteiger partial charge in [0.2, 0.25) is 5.79 Å². The van der Waals surface area contributed by atoms with E-state index in [1.807, 2.05) is 55.5 Å². The van der Waals surface area contributed by atoms with Gasteiger partial charge < -0.3 is 9.47 Å². The predicted molar refractivity (Wildman–Crippen MR) is 80.2 cm³/mol. The van der Waals surface area contributed by atoms with Crippen molar-refractivity contribution in [3.05, 3.63) is 69.7 Å². The normalized spacial score (nSPS) is 21.1. The van der Waals surface area contributed by atoms with E-state index in [0.717, 1.165) is 11.1 Å². The Kier molecular flexibility index (Phi) is 3.74. The lowest BCUT2D eigenvalue weighted by atomic mass is 9.97. The molecule has 0 N–H and O–H groups in total. The molecular weight excluding hydrogens is 295 g/mol. The summed E-state index contributed by atoms with van der Waals surface area (Å²) in [6.45, 7) is 2.54. The first kappa shape index (κ1) is 13.9. The van der Waals surface area contributed by atoms with Crippen LogP contribution in [0.1, 0.15) is 18.1 Å². The lowest BCUT2D eigenvalue weighted by molar-refractivity contribution is -0.140. The Balaban J connectivity index is 2.09. The molecule has 1 atom stereocenters. The smallest absolute Gasteiger partial charge is 0.222 e.